The minimum atomic E-state index is 0.316. The number of hydrogen-bond donors (Lipinski definition) is 1. The Labute approximate surface area is 90.9 Å². The van der Waals surface area contributed by atoms with Gasteiger partial charge >= 0.3 is 0 Å². The van der Waals surface area contributed by atoms with Crippen LogP contribution in [0.4, 0.5) is 5.82 Å². The monoisotopic (exact) mass is 206 g/mol. The second-order valence-corrected chi connectivity index (χ2v) is 3.95. The summed E-state index contributed by atoms with van der Waals surface area (Å²) in [5.74, 6) is 1.83. The van der Waals surface area contributed by atoms with Crippen molar-refractivity contribution in [2.45, 2.75) is 26.7 Å². The topological polar surface area (TPSA) is 42.0 Å². The van der Waals surface area contributed by atoms with Gasteiger partial charge in [-0.2, -0.15) is 0 Å². The summed E-state index contributed by atoms with van der Waals surface area (Å²) in [6, 6.07) is 3.80. The Morgan fingerprint density at radius 1 is 1.60 bits per heavy atom. The van der Waals surface area contributed by atoms with E-state index in [0.29, 0.717) is 6.54 Å². The third kappa shape index (κ3) is 5.83. The number of aryl methyl sites for hydroxylation is 1. The first-order chi connectivity index (χ1) is 7.22. The maximum absolute atomic E-state index is 9.97. The fourth-order valence-electron chi connectivity index (χ4n) is 0.946. The van der Waals surface area contributed by atoms with Crippen molar-refractivity contribution in [1.29, 1.82) is 0 Å². The number of rotatable bonds is 3. The summed E-state index contributed by atoms with van der Waals surface area (Å²) in [6.45, 7) is 4.57. The van der Waals surface area contributed by atoms with E-state index >= 15 is 0 Å². The molecule has 1 aromatic heterocycles. The Bertz CT molecular complexity index is 308. The van der Waals surface area contributed by atoms with Crippen LogP contribution in [-0.4, -0.2) is 17.8 Å². The molecule has 3 heteroatoms. The predicted octanol–water partition coefficient (Wildman–Crippen LogP) is 2.42. The molecular formula is C12H18N2O. The molecular weight excluding hydrogens is 188 g/mol. The number of aldehydes is 1. The quantitative estimate of drug-likeness (QED) is 0.772. The van der Waals surface area contributed by atoms with Crippen LogP contribution in [0.3, 0.4) is 0 Å². The van der Waals surface area contributed by atoms with Crippen molar-refractivity contribution < 1.29 is 4.79 Å². The molecule has 0 unspecified atom stereocenters. The first-order valence-corrected chi connectivity index (χ1v) is 5.32. The van der Waals surface area contributed by atoms with Gasteiger partial charge in [-0.1, -0.05) is 19.8 Å². The zero-order chi connectivity index (χ0) is 11.1. The summed E-state index contributed by atoms with van der Waals surface area (Å²) in [5, 5.41) is 2.86. The molecule has 2 rings (SSSR count). The number of anilines is 1. The molecule has 1 saturated carbocycles. The number of carbonyl (C=O) groups is 1. The van der Waals surface area contributed by atoms with Gasteiger partial charge in [0.05, 0.1) is 6.54 Å². The highest BCUT2D eigenvalue weighted by Crippen LogP contribution is 2.26. The van der Waals surface area contributed by atoms with Gasteiger partial charge in [-0.15, -0.1) is 0 Å². The first kappa shape index (κ1) is 11.7. The molecule has 0 aromatic carbocycles. The van der Waals surface area contributed by atoms with Gasteiger partial charge in [-0.05, 0) is 30.5 Å². The van der Waals surface area contributed by atoms with Crippen LogP contribution in [0.2, 0.25) is 0 Å². The lowest BCUT2D eigenvalue weighted by atomic mass is 10.3. The molecule has 1 aliphatic rings. The Balaban J connectivity index is 0.000000234. The number of aromatic nitrogens is 1. The first-order valence-electron chi connectivity index (χ1n) is 5.32. The van der Waals surface area contributed by atoms with E-state index in [0.717, 1.165) is 23.6 Å². The molecule has 1 aliphatic carbocycles. The molecule has 1 N–H and O–H groups in total. The van der Waals surface area contributed by atoms with Crippen molar-refractivity contribution >= 4 is 12.1 Å². The minimum Gasteiger partial charge on any atom is -0.363 e. The molecule has 0 aliphatic heterocycles. The van der Waals surface area contributed by atoms with Crippen molar-refractivity contribution in [2.75, 3.05) is 11.9 Å². The molecule has 0 amide bonds. The van der Waals surface area contributed by atoms with Crippen molar-refractivity contribution in [1.82, 2.24) is 4.98 Å². The lowest BCUT2D eigenvalue weighted by Gasteiger charge is -2.00. The Morgan fingerprint density at radius 2 is 2.27 bits per heavy atom. The normalized spacial score (nSPS) is 13.7. The molecule has 3 nitrogen and oxygen atoms in total. The highest BCUT2D eigenvalue weighted by Gasteiger charge is 2.12. The van der Waals surface area contributed by atoms with Crippen LogP contribution in [0, 0.1) is 12.8 Å². The Kier molecular flexibility index (Phi) is 4.81. The standard InChI is InChI=1S/C8H10N2O.C4H8/c1-7-2-3-9-8(6-7)10-4-5-11;1-4-2-3-4/h2-3,5-6H,4H2,1H3,(H,9,10);4H,2-3H2,1H3. The van der Waals surface area contributed by atoms with Crippen molar-refractivity contribution in [2.24, 2.45) is 5.92 Å². The molecule has 0 atom stereocenters. The summed E-state index contributed by atoms with van der Waals surface area (Å²) >= 11 is 0. The predicted molar refractivity (Wildman–Crippen MR) is 61.9 cm³/mol. The number of carbonyl (C=O) groups excluding carboxylic acids is 1. The lowest BCUT2D eigenvalue weighted by Crippen LogP contribution is -2.03. The minimum absolute atomic E-state index is 0.316. The molecule has 0 spiro atoms. The highest BCUT2D eigenvalue weighted by molar-refractivity contribution is 5.57. The smallest absolute Gasteiger partial charge is 0.139 e. The molecule has 82 valence electrons. The van der Waals surface area contributed by atoms with Crippen LogP contribution in [0.25, 0.3) is 0 Å². The second kappa shape index (κ2) is 6.17. The van der Waals surface area contributed by atoms with E-state index in [-0.39, 0.29) is 0 Å². The molecule has 1 fully saturated rings. The van der Waals surface area contributed by atoms with E-state index in [1.54, 1.807) is 6.20 Å². The SMILES string of the molecule is CC1CC1.Cc1ccnc(NCC=O)c1. The van der Waals surface area contributed by atoms with Crippen LogP contribution in [0.1, 0.15) is 25.3 Å². The third-order valence-corrected chi connectivity index (χ3v) is 2.15. The van der Waals surface area contributed by atoms with Crippen molar-refractivity contribution in [3.05, 3.63) is 23.9 Å². The molecule has 0 radical (unpaired) electrons. The van der Waals surface area contributed by atoms with Crippen LogP contribution in [0.15, 0.2) is 18.3 Å². The number of nitrogens with zero attached hydrogens (tertiary/aromatic N) is 1. The van der Waals surface area contributed by atoms with Gasteiger partial charge in [-0.3, -0.25) is 0 Å². The van der Waals surface area contributed by atoms with Crippen LogP contribution in [0.5, 0.6) is 0 Å². The van der Waals surface area contributed by atoms with E-state index in [1.165, 1.54) is 12.8 Å². The molecule has 0 bridgehead atoms. The fourth-order valence-corrected chi connectivity index (χ4v) is 0.946. The summed E-state index contributed by atoms with van der Waals surface area (Å²) in [6.07, 6.45) is 5.49. The summed E-state index contributed by atoms with van der Waals surface area (Å²) < 4.78 is 0. The fraction of sp³-hybridized carbons (Fsp3) is 0.500. The third-order valence-electron chi connectivity index (χ3n) is 2.15. The maximum Gasteiger partial charge on any atom is 0.139 e. The van der Waals surface area contributed by atoms with Gasteiger partial charge in [0.15, 0.2) is 0 Å². The molecule has 0 saturated heterocycles. The molecule has 1 aromatic rings. The van der Waals surface area contributed by atoms with Gasteiger partial charge < -0.3 is 10.1 Å². The summed E-state index contributed by atoms with van der Waals surface area (Å²) in [5.41, 5.74) is 1.13. The van der Waals surface area contributed by atoms with E-state index in [9.17, 15) is 4.79 Å². The second-order valence-electron chi connectivity index (χ2n) is 3.95. The molecule has 15 heavy (non-hydrogen) atoms. The average Bonchev–Trinajstić information content (AvgIpc) is 2.99. The number of nitrogens with one attached hydrogen (secondary N) is 1. The Morgan fingerprint density at radius 3 is 2.73 bits per heavy atom. The largest absolute Gasteiger partial charge is 0.363 e. The lowest BCUT2D eigenvalue weighted by molar-refractivity contribution is -0.106. The zero-order valence-corrected chi connectivity index (χ0v) is 9.36. The zero-order valence-electron chi connectivity index (χ0n) is 9.36. The summed E-state index contributed by atoms with van der Waals surface area (Å²) in [7, 11) is 0. The summed E-state index contributed by atoms with van der Waals surface area (Å²) in [4.78, 5) is 14.0. The van der Waals surface area contributed by atoms with Crippen LogP contribution < -0.4 is 5.32 Å². The van der Waals surface area contributed by atoms with Gasteiger partial charge in [0.1, 0.15) is 12.1 Å². The van der Waals surface area contributed by atoms with E-state index in [1.807, 2.05) is 19.1 Å². The highest BCUT2D eigenvalue weighted by atomic mass is 16.1. The van der Waals surface area contributed by atoms with Crippen molar-refractivity contribution in [3.63, 3.8) is 0 Å². The molecule has 1 heterocycles. The maximum atomic E-state index is 9.97. The van der Waals surface area contributed by atoms with Crippen molar-refractivity contribution in [3.8, 4) is 0 Å². The van der Waals surface area contributed by atoms with Gasteiger partial charge in [0.2, 0.25) is 0 Å². The van der Waals surface area contributed by atoms with Gasteiger partial charge in [0, 0.05) is 6.20 Å². The van der Waals surface area contributed by atoms with E-state index in [2.05, 4.69) is 17.2 Å². The van der Waals surface area contributed by atoms with Crippen LogP contribution >= 0.6 is 0 Å². The van der Waals surface area contributed by atoms with E-state index < -0.39 is 0 Å². The number of pyridine rings is 1. The van der Waals surface area contributed by atoms with Crippen LogP contribution in [-0.2, 0) is 4.79 Å². The average molecular weight is 206 g/mol. The number of hydrogen-bond acceptors (Lipinski definition) is 3. The Hall–Kier alpha value is -1.38. The van der Waals surface area contributed by atoms with E-state index in [4.69, 9.17) is 0 Å². The van der Waals surface area contributed by atoms with Gasteiger partial charge in [0.25, 0.3) is 0 Å². The van der Waals surface area contributed by atoms with Gasteiger partial charge in [-0.25, -0.2) is 4.98 Å².